The largest absolute Gasteiger partial charge is 0.366 e. The number of primary amides is 1. The van der Waals surface area contributed by atoms with Crippen LogP contribution in [0.4, 0.5) is 0 Å². The standard InChI is InChI=1S/C10H13N3O/c1-2-3-7-5-13-6-8(4-11)9(7)10(12)14/h2,5-6H,1,3-4,11H2,(H2,12,14). The summed E-state index contributed by atoms with van der Waals surface area (Å²) >= 11 is 0. The zero-order valence-electron chi connectivity index (χ0n) is 7.86. The van der Waals surface area contributed by atoms with Crippen LogP contribution in [0.5, 0.6) is 0 Å². The number of hydrogen-bond acceptors (Lipinski definition) is 3. The molecule has 0 bridgehead atoms. The Balaban J connectivity index is 3.27. The minimum atomic E-state index is -0.468. The molecule has 74 valence electrons. The second-order valence-electron chi connectivity index (χ2n) is 2.89. The number of rotatable bonds is 4. The topological polar surface area (TPSA) is 82.0 Å². The molecule has 14 heavy (non-hydrogen) atoms. The number of aromatic nitrogens is 1. The zero-order valence-corrected chi connectivity index (χ0v) is 7.86. The molecule has 1 amide bonds. The third kappa shape index (κ3) is 1.97. The van der Waals surface area contributed by atoms with Gasteiger partial charge in [0.2, 0.25) is 5.91 Å². The molecular weight excluding hydrogens is 178 g/mol. The number of carbonyl (C=O) groups excluding carboxylic acids is 1. The fourth-order valence-corrected chi connectivity index (χ4v) is 1.33. The molecule has 0 saturated heterocycles. The van der Waals surface area contributed by atoms with Crippen molar-refractivity contribution in [3.05, 3.63) is 41.7 Å². The Morgan fingerprint density at radius 2 is 2.14 bits per heavy atom. The number of nitrogens with two attached hydrogens (primary N) is 2. The Bertz CT molecular complexity index is 360. The number of carbonyl (C=O) groups is 1. The van der Waals surface area contributed by atoms with E-state index < -0.39 is 5.91 Å². The number of amides is 1. The van der Waals surface area contributed by atoms with Crippen LogP contribution in [0, 0.1) is 0 Å². The van der Waals surface area contributed by atoms with Gasteiger partial charge >= 0.3 is 0 Å². The second kappa shape index (κ2) is 4.53. The number of pyridine rings is 1. The summed E-state index contributed by atoms with van der Waals surface area (Å²) in [6, 6.07) is 0. The van der Waals surface area contributed by atoms with E-state index >= 15 is 0 Å². The predicted molar refractivity (Wildman–Crippen MR) is 54.5 cm³/mol. The molecule has 4 nitrogen and oxygen atoms in total. The minimum Gasteiger partial charge on any atom is -0.366 e. The van der Waals surface area contributed by atoms with E-state index in [0.29, 0.717) is 17.5 Å². The third-order valence-corrected chi connectivity index (χ3v) is 1.93. The predicted octanol–water partition coefficient (Wildman–Crippen LogP) is 0.368. The van der Waals surface area contributed by atoms with Crippen LogP contribution in [0.3, 0.4) is 0 Å². The number of allylic oxidation sites excluding steroid dienone is 1. The van der Waals surface area contributed by atoms with E-state index in [0.717, 1.165) is 5.56 Å². The van der Waals surface area contributed by atoms with Crippen LogP contribution >= 0.6 is 0 Å². The Hall–Kier alpha value is -1.68. The van der Waals surface area contributed by atoms with Crippen LogP contribution in [0.2, 0.25) is 0 Å². The highest BCUT2D eigenvalue weighted by molar-refractivity contribution is 5.95. The molecular formula is C10H13N3O. The summed E-state index contributed by atoms with van der Waals surface area (Å²) < 4.78 is 0. The highest BCUT2D eigenvalue weighted by Gasteiger charge is 2.11. The summed E-state index contributed by atoms with van der Waals surface area (Å²) in [7, 11) is 0. The van der Waals surface area contributed by atoms with Crippen LogP contribution in [-0.4, -0.2) is 10.9 Å². The monoisotopic (exact) mass is 191 g/mol. The molecule has 0 atom stereocenters. The van der Waals surface area contributed by atoms with Gasteiger partial charge in [0.15, 0.2) is 0 Å². The lowest BCUT2D eigenvalue weighted by molar-refractivity contribution is 0.0998. The maximum Gasteiger partial charge on any atom is 0.249 e. The molecule has 0 saturated carbocycles. The van der Waals surface area contributed by atoms with Crippen LogP contribution < -0.4 is 11.5 Å². The fourth-order valence-electron chi connectivity index (χ4n) is 1.33. The van der Waals surface area contributed by atoms with Crippen molar-refractivity contribution in [3.8, 4) is 0 Å². The molecule has 0 aliphatic rings. The molecule has 4 heteroatoms. The summed E-state index contributed by atoms with van der Waals surface area (Å²) in [6.45, 7) is 3.86. The van der Waals surface area contributed by atoms with Gasteiger partial charge in [-0.2, -0.15) is 0 Å². The van der Waals surface area contributed by atoms with Gasteiger partial charge in [0, 0.05) is 18.9 Å². The van der Waals surface area contributed by atoms with Crippen molar-refractivity contribution in [3.63, 3.8) is 0 Å². The van der Waals surface area contributed by atoms with Crippen molar-refractivity contribution in [2.24, 2.45) is 11.5 Å². The van der Waals surface area contributed by atoms with E-state index in [1.165, 1.54) is 0 Å². The summed E-state index contributed by atoms with van der Waals surface area (Å²) in [4.78, 5) is 15.2. The quantitative estimate of drug-likeness (QED) is 0.674. The van der Waals surface area contributed by atoms with Crippen molar-refractivity contribution >= 4 is 5.91 Å². The summed E-state index contributed by atoms with van der Waals surface area (Å²) in [5, 5.41) is 0. The van der Waals surface area contributed by atoms with E-state index in [1.807, 2.05) is 0 Å². The SMILES string of the molecule is C=CCc1cncc(CN)c1C(N)=O. The second-order valence-corrected chi connectivity index (χ2v) is 2.89. The van der Waals surface area contributed by atoms with Gasteiger partial charge in [-0.3, -0.25) is 9.78 Å². The van der Waals surface area contributed by atoms with Crippen LogP contribution in [0.25, 0.3) is 0 Å². The summed E-state index contributed by atoms with van der Waals surface area (Å²) in [5.41, 5.74) is 12.7. The third-order valence-electron chi connectivity index (χ3n) is 1.93. The zero-order chi connectivity index (χ0) is 10.6. The summed E-state index contributed by atoms with van der Waals surface area (Å²) in [5.74, 6) is -0.468. The number of hydrogen-bond donors (Lipinski definition) is 2. The average molecular weight is 191 g/mol. The van der Waals surface area contributed by atoms with Crippen molar-refractivity contribution in [1.82, 2.24) is 4.98 Å². The molecule has 0 aliphatic carbocycles. The van der Waals surface area contributed by atoms with Crippen molar-refractivity contribution < 1.29 is 4.79 Å². The highest BCUT2D eigenvalue weighted by Crippen LogP contribution is 2.13. The molecule has 0 aromatic carbocycles. The summed E-state index contributed by atoms with van der Waals surface area (Å²) in [6.07, 6.45) is 5.44. The smallest absolute Gasteiger partial charge is 0.249 e. The molecule has 0 radical (unpaired) electrons. The normalized spacial score (nSPS) is 9.79. The van der Waals surface area contributed by atoms with Crippen LogP contribution in [-0.2, 0) is 13.0 Å². The first-order valence-corrected chi connectivity index (χ1v) is 4.27. The van der Waals surface area contributed by atoms with Gasteiger partial charge in [0.1, 0.15) is 0 Å². The fraction of sp³-hybridized carbons (Fsp3) is 0.200. The maximum atomic E-state index is 11.2. The molecule has 1 heterocycles. The molecule has 1 aromatic heterocycles. The van der Waals surface area contributed by atoms with Gasteiger partial charge in [-0.05, 0) is 17.5 Å². The molecule has 0 aliphatic heterocycles. The Kier molecular flexibility index (Phi) is 3.36. The van der Waals surface area contributed by atoms with Gasteiger partial charge in [-0.1, -0.05) is 6.08 Å². The van der Waals surface area contributed by atoms with Crippen molar-refractivity contribution in [2.45, 2.75) is 13.0 Å². The molecule has 0 unspecified atom stereocenters. The Morgan fingerprint density at radius 3 is 2.64 bits per heavy atom. The molecule has 1 aromatic rings. The Labute approximate surface area is 82.6 Å². The van der Waals surface area contributed by atoms with Gasteiger partial charge in [-0.25, -0.2) is 0 Å². The van der Waals surface area contributed by atoms with E-state index in [2.05, 4.69) is 11.6 Å². The maximum absolute atomic E-state index is 11.2. The lowest BCUT2D eigenvalue weighted by Crippen LogP contribution is -2.18. The molecule has 0 spiro atoms. The Morgan fingerprint density at radius 1 is 1.50 bits per heavy atom. The molecule has 0 fully saturated rings. The van der Waals surface area contributed by atoms with Gasteiger partial charge in [0.25, 0.3) is 0 Å². The van der Waals surface area contributed by atoms with E-state index in [1.54, 1.807) is 18.5 Å². The lowest BCUT2D eigenvalue weighted by atomic mass is 10.0. The van der Waals surface area contributed by atoms with E-state index in [4.69, 9.17) is 11.5 Å². The average Bonchev–Trinajstić information content (AvgIpc) is 2.17. The van der Waals surface area contributed by atoms with Crippen molar-refractivity contribution in [1.29, 1.82) is 0 Å². The lowest BCUT2D eigenvalue weighted by Gasteiger charge is -2.08. The van der Waals surface area contributed by atoms with E-state index in [9.17, 15) is 4.79 Å². The molecule has 1 rings (SSSR count). The first-order chi connectivity index (χ1) is 6.70. The first kappa shape index (κ1) is 10.4. The minimum absolute atomic E-state index is 0.260. The number of nitrogens with zero attached hydrogens (tertiary/aromatic N) is 1. The van der Waals surface area contributed by atoms with Gasteiger partial charge in [0.05, 0.1) is 5.56 Å². The van der Waals surface area contributed by atoms with Crippen molar-refractivity contribution in [2.75, 3.05) is 0 Å². The van der Waals surface area contributed by atoms with E-state index in [-0.39, 0.29) is 6.54 Å². The van der Waals surface area contributed by atoms with Gasteiger partial charge < -0.3 is 11.5 Å². The molecule has 4 N–H and O–H groups in total. The highest BCUT2D eigenvalue weighted by atomic mass is 16.1. The van der Waals surface area contributed by atoms with Gasteiger partial charge in [-0.15, -0.1) is 6.58 Å². The van der Waals surface area contributed by atoms with Crippen LogP contribution in [0.1, 0.15) is 21.5 Å². The first-order valence-electron chi connectivity index (χ1n) is 4.27. The van der Waals surface area contributed by atoms with Crippen LogP contribution in [0.15, 0.2) is 25.0 Å².